The van der Waals surface area contributed by atoms with Gasteiger partial charge < -0.3 is 4.74 Å². The van der Waals surface area contributed by atoms with E-state index < -0.39 is 26.7 Å². The van der Waals surface area contributed by atoms with Crippen LogP contribution in [0.15, 0.2) is 65.7 Å². The normalized spacial score (nSPS) is 18.7. The predicted octanol–water partition coefficient (Wildman–Crippen LogP) is 3.20. The van der Waals surface area contributed by atoms with Gasteiger partial charge in [0.1, 0.15) is 18.4 Å². The van der Waals surface area contributed by atoms with E-state index >= 15 is 0 Å². The Morgan fingerprint density at radius 2 is 1.94 bits per heavy atom. The number of benzene rings is 2. The molecule has 1 atom stereocenters. The number of carbonyl (C=O) groups excluding carboxylic acids is 1. The van der Waals surface area contributed by atoms with Gasteiger partial charge >= 0.3 is 0 Å². The number of carbonyl (C=O) groups is 1. The van der Waals surface area contributed by atoms with Crippen LogP contribution in [0.4, 0.5) is 0 Å². The first-order chi connectivity index (χ1) is 15.7. The fraction of sp³-hybridized carbons (Fsp3) is 0.304. The number of ether oxygens (including phenoxy) is 1. The van der Waals surface area contributed by atoms with Gasteiger partial charge in [-0.2, -0.15) is 16.1 Å². The lowest BCUT2D eigenvalue weighted by Gasteiger charge is -2.43. The van der Waals surface area contributed by atoms with Crippen LogP contribution in [0, 0.1) is 0 Å². The van der Waals surface area contributed by atoms with Gasteiger partial charge in [-0.15, -0.1) is 0 Å². The maximum atomic E-state index is 13.4. The van der Waals surface area contributed by atoms with Crippen LogP contribution in [-0.2, 0) is 21.4 Å². The van der Waals surface area contributed by atoms with E-state index in [1.807, 2.05) is 30.3 Å². The molecule has 1 unspecified atom stereocenters. The lowest BCUT2D eigenvalue weighted by Crippen LogP contribution is -2.61. The molecule has 33 heavy (non-hydrogen) atoms. The first kappa shape index (κ1) is 23.5. The van der Waals surface area contributed by atoms with Crippen LogP contribution in [0.1, 0.15) is 19.4 Å². The molecule has 1 amide bonds. The molecule has 0 saturated carbocycles. The van der Waals surface area contributed by atoms with E-state index in [1.165, 1.54) is 23.9 Å². The standard InChI is InChI=1S/C23H25N3O5S2/c1-23(2)21(22(27)25-28)26(13-14-32-23)33(29,30)18-9-7-17(8-10-18)31-15-16-11-12-24-20-6-4-3-5-19(16)20/h3-12,21,28H,13-15H2,1-2H3,(H,25,27). The summed E-state index contributed by atoms with van der Waals surface area (Å²) in [5.74, 6) is 0.317. The molecule has 0 aliphatic carbocycles. The molecule has 0 bridgehead atoms. The molecular formula is C23H25N3O5S2. The second-order valence-electron chi connectivity index (χ2n) is 8.19. The number of pyridine rings is 1. The van der Waals surface area contributed by atoms with E-state index in [4.69, 9.17) is 4.74 Å². The van der Waals surface area contributed by atoms with Gasteiger partial charge in [0.05, 0.1) is 10.4 Å². The number of hydrogen-bond donors (Lipinski definition) is 2. The Morgan fingerprint density at radius 1 is 1.21 bits per heavy atom. The number of rotatable bonds is 6. The van der Waals surface area contributed by atoms with Crippen LogP contribution < -0.4 is 10.2 Å². The summed E-state index contributed by atoms with van der Waals surface area (Å²) in [7, 11) is -3.97. The van der Waals surface area contributed by atoms with Crippen molar-refractivity contribution in [2.45, 2.75) is 36.1 Å². The van der Waals surface area contributed by atoms with Crippen molar-refractivity contribution in [3.8, 4) is 5.75 Å². The fourth-order valence-electron chi connectivity index (χ4n) is 4.01. The highest BCUT2D eigenvalue weighted by Crippen LogP contribution is 2.38. The van der Waals surface area contributed by atoms with E-state index in [-0.39, 0.29) is 11.4 Å². The molecule has 4 rings (SSSR count). The molecule has 0 spiro atoms. The number of fused-ring (bicyclic) bond motifs is 1. The highest BCUT2D eigenvalue weighted by Gasteiger charge is 2.48. The van der Waals surface area contributed by atoms with Gasteiger partial charge in [0.25, 0.3) is 5.91 Å². The Morgan fingerprint density at radius 3 is 2.67 bits per heavy atom. The SMILES string of the molecule is CC1(C)SCCN(S(=O)(=O)c2ccc(OCc3ccnc4ccccc34)cc2)C1C(=O)NO. The van der Waals surface area contributed by atoms with Gasteiger partial charge in [-0.25, -0.2) is 13.9 Å². The number of para-hydroxylation sites is 1. The highest BCUT2D eigenvalue weighted by molar-refractivity contribution is 8.00. The van der Waals surface area contributed by atoms with Gasteiger partial charge in [0.2, 0.25) is 10.0 Å². The number of nitrogens with one attached hydrogen (secondary N) is 1. The Kier molecular flexibility index (Phi) is 6.62. The summed E-state index contributed by atoms with van der Waals surface area (Å²) in [6, 6.07) is 14.8. The highest BCUT2D eigenvalue weighted by atomic mass is 32.2. The van der Waals surface area contributed by atoms with E-state index in [0.717, 1.165) is 20.8 Å². The number of nitrogens with zero attached hydrogens (tertiary/aromatic N) is 2. The zero-order valence-corrected chi connectivity index (χ0v) is 19.9. The molecule has 1 saturated heterocycles. The summed E-state index contributed by atoms with van der Waals surface area (Å²) >= 11 is 1.49. The zero-order valence-electron chi connectivity index (χ0n) is 18.3. The van der Waals surface area contributed by atoms with E-state index in [9.17, 15) is 18.4 Å². The summed E-state index contributed by atoms with van der Waals surface area (Å²) in [6.07, 6.45) is 1.73. The van der Waals surface area contributed by atoms with Crippen molar-refractivity contribution in [2.75, 3.05) is 12.3 Å². The van der Waals surface area contributed by atoms with Crippen LogP contribution in [0.3, 0.4) is 0 Å². The largest absolute Gasteiger partial charge is 0.489 e. The summed E-state index contributed by atoms with van der Waals surface area (Å²) in [5, 5.41) is 10.2. The molecule has 174 valence electrons. The molecule has 2 aromatic carbocycles. The molecule has 2 heterocycles. The minimum atomic E-state index is -3.97. The molecule has 1 aliphatic heterocycles. The first-order valence-corrected chi connectivity index (χ1v) is 12.8. The summed E-state index contributed by atoms with van der Waals surface area (Å²) in [6.45, 7) is 4.06. The van der Waals surface area contributed by atoms with E-state index in [1.54, 1.807) is 37.7 Å². The molecule has 1 fully saturated rings. The molecule has 3 aromatic rings. The van der Waals surface area contributed by atoms with E-state index in [0.29, 0.717) is 18.1 Å². The van der Waals surface area contributed by atoms with Gasteiger partial charge in [0, 0.05) is 34.2 Å². The molecule has 0 radical (unpaired) electrons. The van der Waals surface area contributed by atoms with Crippen LogP contribution in [-0.4, -0.2) is 51.9 Å². The Labute approximate surface area is 197 Å². The molecule has 8 nitrogen and oxygen atoms in total. The quantitative estimate of drug-likeness (QED) is 0.406. The minimum Gasteiger partial charge on any atom is -0.489 e. The maximum absolute atomic E-state index is 13.4. The first-order valence-electron chi connectivity index (χ1n) is 10.4. The van der Waals surface area contributed by atoms with Gasteiger partial charge in [-0.3, -0.25) is 15.0 Å². The Bertz CT molecular complexity index is 1260. The Hall–Kier alpha value is -2.66. The van der Waals surface area contributed by atoms with Crippen molar-refractivity contribution in [3.05, 3.63) is 66.4 Å². The third-order valence-electron chi connectivity index (χ3n) is 5.65. The van der Waals surface area contributed by atoms with Gasteiger partial charge in [-0.1, -0.05) is 18.2 Å². The van der Waals surface area contributed by atoms with Crippen LogP contribution in [0.5, 0.6) is 5.75 Å². The lowest BCUT2D eigenvalue weighted by molar-refractivity contribution is -0.134. The van der Waals surface area contributed by atoms with Crippen molar-refractivity contribution in [1.29, 1.82) is 0 Å². The van der Waals surface area contributed by atoms with Crippen molar-refractivity contribution >= 4 is 38.6 Å². The number of aromatic nitrogens is 1. The monoisotopic (exact) mass is 487 g/mol. The van der Waals surface area contributed by atoms with Crippen molar-refractivity contribution in [1.82, 2.24) is 14.8 Å². The molecule has 1 aliphatic rings. The number of hydroxylamine groups is 1. The average Bonchev–Trinajstić information content (AvgIpc) is 2.81. The summed E-state index contributed by atoms with van der Waals surface area (Å²) in [5.41, 5.74) is 3.47. The van der Waals surface area contributed by atoms with Gasteiger partial charge in [0.15, 0.2) is 0 Å². The van der Waals surface area contributed by atoms with Crippen molar-refractivity contribution < 1.29 is 23.2 Å². The number of hydrogen-bond acceptors (Lipinski definition) is 7. The van der Waals surface area contributed by atoms with E-state index in [2.05, 4.69) is 4.98 Å². The maximum Gasteiger partial charge on any atom is 0.263 e. The van der Waals surface area contributed by atoms with Gasteiger partial charge in [-0.05, 0) is 50.2 Å². The summed E-state index contributed by atoms with van der Waals surface area (Å²) < 4.78 is 33.0. The fourth-order valence-corrected chi connectivity index (χ4v) is 7.11. The van der Waals surface area contributed by atoms with Crippen molar-refractivity contribution in [2.24, 2.45) is 0 Å². The lowest BCUT2D eigenvalue weighted by atomic mass is 10.0. The summed E-state index contributed by atoms with van der Waals surface area (Å²) in [4.78, 5) is 16.7. The minimum absolute atomic E-state index is 0.0580. The smallest absolute Gasteiger partial charge is 0.263 e. The zero-order chi connectivity index (χ0) is 23.6. The number of amides is 1. The second kappa shape index (κ2) is 9.30. The third-order valence-corrected chi connectivity index (χ3v) is 8.89. The topological polar surface area (TPSA) is 109 Å². The number of thioether (sulfide) groups is 1. The van der Waals surface area contributed by atoms with Crippen LogP contribution in [0.25, 0.3) is 10.9 Å². The molecule has 1 aromatic heterocycles. The molecule has 10 heteroatoms. The second-order valence-corrected chi connectivity index (χ2v) is 11.8. The van der Waals surface area contributed by atoms with Crippen LogP contribution >= 0.6 is 11.8 Å². The molecular weight excluding hydrogens is 462 g/mol. The van der Waals surface area contributed by atoms with Crippen LogP contribution in [0.2, 0.25) is 0 Å². The third kappa shape index (κ3) is 4.70. The Balaban J connectivity index is 1.54. The molecule has 2 N–H and O–H groups in total. The number of sulfonamides is 1. The average molecular weight is 488 g/mol. The predicted molar refractivity (Wildman–Crippen MR) is 127 cm³/mol. The van der Waals surface area contributed by atoms with Crippen molar-refractivity contribution in [3.63, 3.8) is 0 Å².